The van der Waals surface area contributed by atoms with Gasteiger partial charge in [0.15, 0.2) is 0 Å². The average Bonchev–Trinajstić information content (AvgIpc) is 2.79. The van der Waals surface area contributed by atoms with Crippen LogP contribution in [-0.2, 0) is 6.42 Å². The van der Waals surface area contributed by atoms with E-state index >= 15 is 0 Å². The predicted octanol–water partition coefficient (Wildman–Crippen LogP) is 4.02. The highest BCUT2D eigenvalue weighted by molar-refractivity contribution is 6.06. The molecule has 0 aliphatic rings. The maximum atomic E-state index is 13.8. The molecule has 31 heavy (non-hydrogen) atoms. The van der Waals surface area contributed by atoms with Crippen LogP contribution in [-0.4, -0.2) is 17.7 Å². The van der Waals surface area contributed by atoms with Crippen molar-refractivity contribution in [2.45, 2.75) is 20.3 Å². The van der Waals surface area contributed by atoms with Crippen LogP contribution in [0.5, 0.6) is 0 Å². The summed E-state index contributed by atoms with van der Waals surface area (Å²) in [7, 11) is 0. The number of hydrogen-bond donors (Lipinski definition) is 3. The van der Waals surface area contributed by atoms with E-state index in [1.54, 1.807) is 37.3 Å². The SMILES string of the molecule is CCc1ccc(C(=O)NNC(=O)c2ccc(C)c(NC(=O)c3ccccc3F)c2)cc1. The lowest BCUT2D eigenvalue weighted by molar-refractivity contribution is 0.0846. The van der Waals surface area contributed by atoms with Crippen molar-refractivity contribution in [3.05, 3.63) is 100 Å². The average molecular weight is 419 g/mol. The highest BCUT2D eigenvalue weighted by Crippen LogP contribution is 2.19. The van der Waals surface area contributed by atoms with Crippen molar-refractivity contribution < 1.29 is 18.8 Å². The van der Waals surface area contributed by atoms with Gasteiger partial charge in [0.25, 0.3) is 17.7 Å². The Kier molecular flexibility index (Phi) is 6.77. The summed E-state index contributed by atoms with van der Waals surface area (Å²) in [5.74, 6) is -2.26. The lowest BCUT2D eigenvalue weighted by Gasteiger charge is -2.12. The Hall–Kier alpha value is -4.00. The fourth-order valence-corrected chi connectivity index (χ4v) is 2.88. The summed E-state index contributed by atoms with van der Waals surface area (Å²) in [6, 6.07) is 17.4. The molecule has 0 saturated heterocycles. The van der Waals surface area contributed by atoms with Crippen LogP contribution in [0.15, 0.2) is 66.7 Å². The molecular weight excluding hydrogens is 397 g/mol. The van der Waals surface area contributed by atoms with Crippen LogP contribution in [0.25, 0.3) is 0 Å². The summed E-state index contributed by atoms with van der Waals surface area (Å²) >= 11 is 0. The van der Waals surface area contributed by atoms with E-state index in [0.29, 0.717) is 16.8 Å². The number of amides is 3. The van der Waals surface area contributed by atoms with Crippen LogP contribution in [0, 0.1) is 12.7 Å². The molecule has 0 bridgehead atoms. The highest BCUT2D eigenvalue weighted by atomic mass is 19.1. The fourth-order valence-electron chi connectivity index (χ4n) is 2.88. The smallest absolute Gasteiger partial charge is 0.269 e. The molecule has 3 amide bonds. The first-order valence-corrected chi connectivity index (χ1v) is 9.75. The first-order chi connectivity index (χ1) is 14.9. The van der Waals surface area contributed by atoms with Gasteiger partial charge in [-0.15, -0.1) is 0 Å². The number of carbonyl (C=O) groups is 3. The van der Waals surface area contributed by atoms with E-state index in [4.69, 9.17) is 0 Å². The van der Waals surface area contributed by atoms with Gasteiger partial charge in [0.2, 0.25) is 0 Å². The van der Waals surface area contributed by atoms with Gasteiger partial charge in [-0.3, -0.25) is 25.2 Å². The lowest BCUT2D eigenvalue weighted by atomic mass is 10.1. The number of hydrogen-bond acceptors (Lipinski definition) is 3. The van der Waals surface area contributed by atoms with Crippen molar-refractivity contribution in [2.75, 3.05) is 5.32 Å². The molecular formula is C24H22FN3O3. The van der Waals surface area contributed by atoms with Crippen molar-refractivity contribution in [1.82, 2.24) is 10.9 Å². The Morgan fingerprint density at radius 1 is 0.806 bits per heavy atom. The van der Waals surface area contributed by atoms with Crippen molar-refractivity contribution >= 4 is 23.4 Å². The van der Waals surface area contributed by atoms with Crippen molar-refractivity contribution in [3.63, 3.8) is 0 Å². The molecule has 0 aromatic heterocycles. The van der Waals surface area contributed by atoms with Crippen LogP contribution in [0.2, 0.25) is 0 Å². The summed E-state index contributed by atoms with van der Waals surface area (Å²) in [6.45, 7) is 3.77. The molecule has 3 rings (SSSR count). The molecule has 0 spiro atoms. The van der Waals surface area contributed by atoms with E-state index in [9.17, 15) is 18.8 Å². The van der Waals surface area contributed by atoms with Gasteiger partial charge >= 0.3 is 0 Å². The van der Waals surface area contributed by atoms with Gasteiger partial charge in [0, 0.05) is 16.8 Å². The minimum absolute atomic E-state index is 0.0990. The summed E-state index contributed by atoms with van der Waals surface area (Å²) in [4.78, 5) is 37.1. The van der Waals surface area contributed by atoms with E-state index in [2.05, 4.69) is 16.2 Å². The molecule has 0 unspecified atom stereocenters. The quantitative estimate of drug-likeness (QED) is 0.546. The molecule has 3 aromatic rings. The van der Waals surface area contributed by atoms with Gasteiger partial charge in [0.05, 0.1) is 5.56 Å². The minimum atomic E-state index is -0.638. The van der Waals surface area contributed by atoms with Crippen LogP contribution in [0.3, 0.4) is 0 Å². The predicted molar refractivity (Wildman–Crippen MR) is 116 cm³/mol. The topological polar surface area (TPSA) is 87.3 Å². The van der Waals surface area contributed by atoms with Crippen LogP contribution in [0.4, 0.5) is 10.1 Å². The van der Waals surface area contributed by atoms with Crippen molar-refractivity contribution in [1.29, 1.82) is 0 Å². The molecule has 7 heteroatoms. The molecule has 3 aromatic carbocycles. The molecule has 0 radical (unpaired) electrons. The monoisotopic (exact) mass is 419 g/mol. The zero-order valence-electron chi connectivity index (χ0n) is 17.2. The van der Waals surface area contributed by atoms with Gasteiger partial charge in [-0.05, 0) is 60.9 Å². The van der Waals surface area contributed by atoms with E-state index < -0.39 is 23.5 Å². The van der Waals surface area contributed by atoms with E-state index in [0.717, 1.165) is 12.0 Å². The first-order valence-electron chi connectivity index (χ1n) is 9.75. The lowest BCUT2D eigenvalue weighted by Crippen LogP contribution is -2.41. The third kappa shape index (κ3) is 5.33. The third-order valence-corrected chi connectivity index (χ3v) is 4.78. The largest absolute Gasteiger partial charge is 0.322 e. The molecule has 0 heterocycles. The van der Waals surface area contributed by atoms with Gasteiger partial charge in [-0.2, -0.15) is 0 Å². The highest BCUT2D eigenvalue weighted by Gasteiger charge is 2.15. The zero-order valence-corrected chi connectivity index (χ0v) is 17.2. The summed E-state index contributed by atoms with van der Waals surface area (Å²) in [6.07, 6.45) is 0.863. The Morgan fingerprint density at radius 3 is 2.06 bits per heavy atom. The number of benzene rings is 3. The maximum Gasteiger partial charge on any atom is 0.269 e. The van der Waals surface area contributed by atoms with Crippen LogP contribution in [0.1, 0.15) is 49.1 Å². The first kappa shape index (κ1) is 21.7. The van der Waals surface area contributed by atoms with Crippen molar-refractivity contribution in [3.8, 4) is 0 Å². The number of rotatable bonds is 5. The Bertz CT molecular complexity index is 1130. The maximum absolute atomic E-state index is 13.8. The molecule has 158 valence electrons. The Morgan fingerprint density at radius 2 is 1.42 bits per heavy atom. The summed E-state index contributed by atoms with van der Waals surface area (Å²) in [5, 5.41) is 2.62. The zero-order chi connectivity index (χ0) is 22.4. The number of nitrogens with one attached hydrogen (secondary N) is 3. The van der Waals surface area contributed by atoms with Gasteiger partial charge in [-0.25, -0.2) is 4.39 Å². The number of anilines is 1. The molecule has 0 aliphatic heterocycles. The second kappa shape index (κ2) is 9.67. The standard InChI is InChI=1S/C24H22FN3O3/c1-3-16-9-12-17(13-10-16)22(29)27-28-23(30)18-11-8-15(2)21(14-18)26-24(31)19-6-4-5-7-20(19)25/h4-14H,3H2,1-2H3,(H,26,31)(H,27,29)(H,28,30). The molecule has 0 fully saturated rings. The molecule has 6 nitrogen and oxygen atoms in total. The molecule has 0 aliphatic carbocycles. The van der Waals surface area contributed by atoms with Crippen LogP contribution >= 0.6 is 0 Å². The second-order valence-electron chi connectivity index (χ2n) is 6.92. The third-order valence-electron chi connectivity index (χ3n) is 4.78. The second-order valence-corrected chi connectivity index (χ2v) is 6.92. The summed E-state index contributed by atoms with van der Waals surface area (Å²) in [5.41, 5.74) is 7.42. The Labute approximate surface area is 179 Å². The van der Waals surface area contributed by atoms with Gasteiger partial charge in [0.1, 0.15) is 5.82 Å². The minimum Gasteiger partial charge on any atom is -0.322 e. The fraction of sp³-hybridized carbons (Fsp3) is 0.125. The number of carbonyl (C=O) groups excluding carboxylic acids is 3. The van der Waals surface area contributed by atoms with Crippen molar-refractivity contribution in [2.24, 2.45) is 0 Å². The van der Waals surface area contributed by atoms with E-state index in [1.807, 2.05) is 19.1 Å². The van der Waals surface area contributed by atoms with E-state index in [1.165, 1.54) is 24.3 Å². The van der Waals surface area contributed by atoms with Gasteiger partial charge in [-0.1, -0.05) is 37.3 Å². The summed E-state index contributed by atoms with van der Waals surface area (Å²) < 4.78 is 13.8. The van der Waals surface area contributed by atoms with Crippen LogP contribution < -0.4 is 16.2 Å². The van der Waals surface area contributed by atoms with E-state index in [-0.39, 0.29) is 11.1 Å². The molecule has 3 N–H and O–H groups in total. The number of halogens is 1. The van der Waals surface area contributed by atoms with Gasteiger partial charge < -0.3 is 5.32 Å². The molecule has 0 atom stereocenters. The molecule has 0 saturated carbocycles. The number of hydrazine groups is 1. The normalized spacial score (nSPS) is 10.3. The Balaban J connectivity index is 1.67. The number of aryl methyl sites for hydroxylation is 2.